The van der Waals surface area contributed by atoms with E-state index in [-0.39, 0.29) is 12.5 Å². The summed E-state index contributed by atoms with van der Waals surface area (Å²) < 4.78 is 17.9. The Bertz CT molecular complexity index is 1260. The molecule has 2 amide bonds. The minimum absolute atomic E-state index is 0.215. The summed E-state index contributed by atoms with van der Waals surface area (Å²) in [5, 5.41) is 6.85. The number of nitrogens with zero attached hydrogens (tertiary/aromatic N) is 1. The fraction of sp³-hybridized carbons (Fsp3) is 0.192. The van der Waals surface area contributed by atoms with Crippen molar-refractivity contribution in [1.82, 2.24) is 5.43 Å². The van der Waals surface area contributed by atoms with Crippen molar-refractivity contribution in [1.29, 1.82) is 0 Å². The van der Waals surface area contributed by atoms with Gasteiger partial charge in [-0.2, -0.15) is 5.10 Å². The molecule has 0 spiro atoms. The molecule has 188 valence electrons. The number of benzene rings is 3. The first-order valence-corrected chi connectivity index (χ1v) is 12.5. The largest absolute Gasteiger partial charge is 0.493 e. The third-order valence-corrected chi connectivity index (χ3v) is 5.86. The molecular formula is C26H25Br2N3O5. The van der Waals surface area contributed by atoms with Gasteiger partial charge in [0, 0.05) is 21.3 Å². The molecule has 0 radical (unpaired) electrons. The standard InChI is InChI=1S/C26H25Br2N3O5/c1-4-35-23-12-17(7-10-22(23)34-3)26(33)31-29-14-18-11-19(27)13-21(28)25(18)36-15-24(32)30-20-8-5-16(2)6-9-20/h5-14H,4,15H2,1-3H3,(H,30,32)(H,31,33)/b29-14+. The lowest BCUT2D eigenvalue weighted by atomic mass is 10.2. The number of rotatable bonds is 10. The van der Waals surface area contributed by atoms with E-state index in [0.717, 1.165) is 10.0 Å². The van der Waals surface area contributed by atoms with Gasteiger partial charge in [-0.05, 0) is 72.2 Å². The van der Waals surface area contributed by atoms with Crippen LogP contribution in [0.3, 0.4) is 0 Å². The Balaban J connectivity index is 1.68. The van der Waals surface area contributed by atoms with Crippen LogP contribution in [0, 0.1) is 6.92 Å². The van der Waals surface area contributed by atoms with Crippen molar-refractivity contribution < 1.29 is 23.8 Å². The smallest absolute Gasteiger partial charge is 0.271 e. The van der Waals surface area contributed by atoms with Gasteiger partial charge in [0.15, 0.2) is 18.1 Å². The molecule has 0 aliphatic rings. The highest BCUT2D eigenvalue weighted by Crippen LogP contribution is 2.32. The average Bonchev–Trinajstić information content (AvgIpc) is 2.85. The zero-order chi connectivity index (χ0) is 26.1. The van der Waals surface area contributed by atoms with Gasteiger partial charge in [-0.15, -0.1) is 0 Å². The molecule has 36 heavy (non-hydrogen) atoms. The molecule has 0 saturated carbocycles. The summed E-state index contributed by atoms with van der Waals surface area (Å²) in [4.78, 5) is 25.0. The summed E-state index contributed by atoms with van der Waals surface area (Å²) in [5.41, 5.74) is 5.17. The number of methoxy groups -OCH3 is 1. The Morgan fingerprint density at radius 2 is 1.75 bits per heavy atom. The Kier molecular flexibility index (Phi) is 9.89. The monoisotopic (exact) mass is 617 g/mol. The Hall–Kier alpha value is -3.37. The molecule has 3 rings (SSSR count). The number of amides is 2. The van der Waals surface area contributed by atoms with Crippen molar-refractivity contribution in [3.05, 3.63) is 80.2 Å². The Morgan fingerprint density at radius 3 is 2.44 bits per heavy atom. The summed E-state index contributed by atoms with van der Waals surface area (Å²) in [6.45, 7) is 4.04. The van der Waals surface area contributed by atoms with Gasteiger partial charge in [-0.1, -0.05) is 33.6 Å². The highest BCUT2D eigenvalue weighted by atomic mass is 79.9. The van der Waals surface area contributed by atoms with E-state index in [0.29, 0.717) is 45.1 Å². The van der Waals surface area contributed by atoms with Crippen LogP contribution < -0.4 is 25.0 Å². The number of hydrazone groups is 1. The third kappa shape index (κ3) is 7.56. The summed E-state index contributed by atoms with van der Waals surface area (Å²) in [6, 6.07) is 15.9. The molecule has 0 atom stereocenters. The number of anilines is 1. The quantitative estimate of drug-likeness (QED) is 0.224. The molecule has 0 saturated heterocycles. The van der Waals surface area contributed by atoms with Crippen LogP contribution in [0.15, 0.2) is 68.6 Å². The number of ether oxygens (including phenoxy) is 3. The maximum atomic E-state index is 12.6. The highest BCUT2D eigenvalue weighted by Gasteiger charge is 2.13. The fourth-order valence-corrected chi connectivity index (χ4v) is 4.48. The first-order valence-electron chi connectivity index (χ1n) is 10.9. The van der Waals surface area contributed by atoms with Crippen molar-refractivity contribution in [2.45, 2.75) is 13.8 Å². The summed E-state index contributed by atoms with van der Waals surface area (Å²) in [7, 11) is 1.53. The number of aryl methyl sites for hydroxylation is 1. The number of halogens is 2. The number of hydrogen-bond donors (Lipinski definition) is 2. The highest BCUT2D eigenvalue weighted by molar-refractivity contribution is 9.11. The lowest BCUT2D eigenvalue weighted by Gasteiger charge is -2.12. The van der Waals surface area contributed by atoms with Gasteiger partial charge in [0.25, 0.3) is 11.8 Å². The summed E-state index contributed by atoms with van der Waals surface area (Å²) in [6.07, 6.45) is 1.44. The summed E-state index contributed by atoms with van der Waals surface area (Å²) >= 11 is 6.89. The minimum atomic E-state index is -0.427. The molecule has 8 nitrogen and oxygen atoms in total. The van der Waals surface area contributed by atoms with Crippen molar-refractivity contribution in [2.75, 3.05) is 25.6 Å². The zero-order valence-corrected chi connectivity index (χ0v) is 23.1. The fourth-order valence-electron chi connectivity index (χ4n) is 3.11. The van der Waals surface area contributed by atoms with Gasteiger partial charge in [-0.25, -0.2) is 5.43 Å². The maximum absolute atomic E-state index is 12.6. The van der Waals surface area contributed by atoms with Crippen LogP contribution in [-0.2, 0) is 4.79 Å². The number of nitrogens with one attached hydrogen (secondary N) is 2. The van der Waals surface area contributed by atoms with Gasteiger partial charge >= 0.3 is 0 Å². The molecule has 3 aromatic rings. The lowest BCUT2D eigenvalue weighted by molar-refractivity contribution is -0.118. The van der Waals surface area contributed by atoms with Gasteiger partial charge < -0.3 is 19.5 Å². The van der Waals surface area contributed by atoms with E-state index < -0.39 is 5.91 Å². The molecule has 0 heterocycles. The first kappa shape index (κ1) is 27.2. The molecule has 0 aromatic heterocycles. The summed E-state index contributed by atoms with van der Waals surface area (Å²) in [5.74, 6) is 0.660. The van der Waals surface area contributed by atoms with Gasteiger partial charge in [-0.3, -0.25) is 9.59 Å². The second-order valence-electron chi connectivity index (χ2n) is 7.51. The third-order valence-electron chi connectivity index (χ3n) is 4.82. The molecule has 3 aromatic carbocycles. The molecule has 0 unspecified atom stereocenters. The minimum Gasteiger partial charge on any atom is -0.493 e. The SMILES string of the molecule is CCOc1cc(C(=O)N/N=C/c2cc(Br)cc(Br)c2OCC(=O)Nc2ccc(C)cc2)ccc1OC. The molecule has 0 bridgehead atoms. The van der Waals surface area contributed by atoms with E-state index in [1.54, 1.807) is 30.3 Å². The van der Waals surface area contributed by atoms with E-state index in [4.69, 9.17) is 14.2 Å². The van der Waals surface area contributed by atoms with Crippen molar-refractivity contribution in [3.63, 3.8) is 0 Å². The average molecular weight is 619 g/mol. The van der Waals surface area contributed by atoms with Gasteiger partial charge in [0.1, 0.15) is 5.75 Å². The van der Waals surface area contributed by atoms with E-state index in [1.165, 1.54) is 13.3 Å². The molecule has 2 N–H and O–H groups in total. The molecule has 10 heteroatoms. The van der Waals surface area contributed by atoms with Crippen molar-refractivity contribution >= 4 is 55.6 Å². The normalized spacial score (nSPS) is 10.7. The van der Waals surface area contributed by atoms with Crippen molar-refractivity contribution in [2.24, 2.45) is 5.10 Å². The van der Waals surface area contributed by atoms with Crippen LogP contribution >= 0.6 is 31.9 Å². The predicted molar refractivity (Wildman–Crippen MR) is 146 cm³/mol. The number of carbonyl (C=O) groups excluding carboxylic acids is 2. The predicted octanol–water partition coefficient (Wildman–Crippen LogP) is 5.71. The van der Waals surface area contributed by atoms with Crippen LogP contribution in [0.25, 0.3) is 0 Å². The van der Waals surface area contributed by atoms with Crippen LogP contribution in [0.1, 0.15) is 28.4 Å². The Morgan fingerprint density at radius 1 is 1.00 bits per heavy atom. The lowest BCUT2D eigenvalue weighted by Crippen LogP contribution is -2.21. The maximum Gasteiger partial charge on any atom is 0.271 e. The van der Waals surface area contributed by atoms with E-state index in [9.17, 15) is 9.59 Å². The van der Waals surface area contributed by atoms with Crippen LogP contribution in [0.4, 0.5) is 5.69 Å². The Labute approximate surface area is 226 Å². The van der Waals surface area contributed by atoms with E-state index in [1.807, 2.05) is 38.1 Å². The van der Waals surface area contributed by atoms with Gasteiger partial charge in [0.05, 0.1) is 24.4 Å². The topological polar surface area (TPSA) is 98.3 Å². The van der Waals surface area contributed by atoms with Gasteiger partial charge in [0.2, 0.25) is 0 Å². The van der Waals surface area contributed by atoms with Crippen LogP contribution in [0.2, 0.25) is 0 Å². The number of hydrogen-bond acceptors (Lipinski definition) is 6. The van der Waals surface area contributed by atoms with Crippen molar-refractivity contribution in [3.8, 4) is 17.2 Å². The van der Waals surface area contributed by atoms with Crippen LogP contribution in [0.5, 0.6) is 17.2 Å². The molecule has 0 aliphatic heterocycles. The number of carbonyl (C=O) groups is 2. The molecule has 0 fully saturated rings. The first-order chi connectivity index (χ1) is 17.3. The van der Waals surface area contributed by atoms with E-state index in [2.05, 4.69) is 47.7 Å². The second kappa shape index (κ2) is 13.1. The van der Waals surface area contributed by atoms with Crippen LogP contribution in [-0.4, -0.2) is 38.4 Å². The molecule has 0 aliphatic carbocycles. The molecular weight excluding hydrogens is 594 g/mol. The zero-order valence-electron chi connectivity index (χ0n) is 19.9. The second-order valence-corrected chi connectivity index (χ2v) is 9.28. The van der Waals surface area contributed by atoms with E-state index >= 15 is 0 Å².